The monoisotopic (exact) mass is 197 g/mol. The number of aryl methyl sites for hydroxylation is 1. The average Bonchev–Trinajstić information content (AvgIpc) is 2.20. The molecule has 1 rings (SSSR count). The summed E-state index contributed by atoms with van der Waals surface area (Å²) in [4.78, 5) is 0. The molecule has 0 radical (unpaired) electrons. The van der Waals surface area contributed by atoms with E-state index < -0.39 is 0 Å². The van der Waals surface area contributed by atoms with Crippen LogP contribution in [0.25, 0.3) is 0 Å². The molecule has 3 heteroatoms. The summed E-state index contributed by atoms with van der Waals surface area (Å²) >= 11 is 0. The molecule has 1 aromatic carbocycles. The molecule has 14 heavy (non-hydrogen) atoms. The van der Waals surface area contributed by atoms with Crippen molar-refractivity contribution in [3.05, 3.63) is 29.6 Å². The largest absolute Gasteiger partial charge is 0.486 e. The molecular formula is C11H16FNO. The van der Waals surface area contributed by atoms with Crippen molar-refractivity contribution in [3.8, 4) is 5.75 Å². The summed E-state index contributed by atoms with van der Waals surface area (Å²) < 4.78 is 18.9. The molecule has 0 saturated heterocycles. The quantitative estimate of drug-likeness (QED) is 0.803. The lowest BCUT2D eigenvalue weighted by Gasteiger charge is -2.16. The molecule has 0 aliphatic heterocycles. The van der Waals surface area contributed by atoms with Crippen LogP contribution >= 0.6 is 0 Å². The zero-order chi connectivity index (χ0) is 10.6. The van der Waals surface area contributed by atoms with Gasteiger partial charge in [-0.1, -0.05) is 19.1 Å². The Morgan fingerprint density at radius 2 is 2.21 bits per heavy atom. The molecule has 0 saturated carbocycles. The minimum absolute atomic E-state index is 0.105. The fourth-order valence-electron chi connectivity index (χ4n) is 1.19. The van der Waals surface area contributed by atoms with Crippen molar-refractivity contribution in [1.82, 2.24) is 0 Å². The predicted octanol–water partition coefficient (Wildman–Crippen LogP) is 2.25. The van der Waals surface area contributed by atoms with Gasteiger partial charge in [0.2, 0.25) is 0 Å². The average molecular weight is 197 g/mol. The van der Waals surface area contributed by atoms with Crippen LogP contribution in [0, 0.1) is 12.7 Å². The van der Waals surface area contributed by atoms with E-state index in [0.29, 0.717) is 17.9 Å². The summed E-state index contributed by atoms with van der Waals surface area (Å²) in [5, 5.41) is 0. The molecule has 0 bridgehead atoms. The van der Waals surface area contributed by atoms with Gasteiger partial charge in [-0.05, 0) is 25.0 Å². The molecule has 0 aliphatic carbocycles. The maximum atomic E-state index is 13.5. The molecule has 1 atom stereocenters. The van der Waals surface area contributed by atoms with Crippen LogP contribution < -0.4 is 10.5 Å². The van der Waals surface area contributed by atoms with Crippen LogP contribution in [-0.4, -0.2) is 12.6 Å². The van der Waals surface area contributed by atoms with E-state index in [0.717, 1.165) is 6.42 Å². The van der Waals surface area contributed by atoms with Gasteiger partial charge in [-0.3, -0.25) is 0 Å². The second kappa shape index (κ2) is 4.96. The molecule has 2 N–H and O–H groups in total. The number of ether oxygens (including phenoxy) is 1. The fraction of sp³-hybridized carbons (Fsp3) is 0.455. The third kappa shape index (κ3) is 2.45. The van der Waals surface area contributed by atoms with E-state index in [4.69, 9.17) is 10.5 Å². The van der Waals surface area contributed by atoms with E-state index in [1.165, 1.54) is 0 Å². The van der Waals surface area contributed by atoms with E-state index in [1.54, 1.807) is 25.1 Å². The highest BCUT2D eigenvalue weighted by Crippen LogP contribution is 2.21. The smallest absolute Gasteiger partial charge is 0.167 e. The van der Waals surface area contributed by atoms with Gasteiger partial charge < -0.3 is 10.5 Å². The zero-order valence-electron chi connectivity index (χ0n) is 8.59. The Kier molecular flexibility index (Phi) is 3.89. The zero-order valence-corrected chi connectivity index (χ0v) is 8.59. The Morgan fingerprint density at radius 1 is 1.50 bits per heavy atom. The first-order valence-corrected chi connectivity index (χ1v) is 4.80. The van der Waals surface area contributed by atoms with E-state index in [-0.39, 0.29) is 11.9 Å². The van der Waals surface area contributed by atoms with Crippen LogP contribution in [0.5, 0.6) is 5.75 Å². The molecule has 0 aromatic heterocycles. The number of halogens is 1. The van der Waals surface area contributed by atoms with Crippen molar-refractivity contribution in [2.45, 2.75) is 26.4 Å². The van der Waals surface area contributed by atoms with Crippen LogP contribution in [0.1, 0.15) is 18.9 Å². The van der Waals surface area contributed by atoms with Gasteiger partial charge >= 0.3 is 0 Å². The van der Waals surface area contributed by atoms with Crippen LogP contribution in [0.3, 0.4) is 0 Å². The van der Waals surface area contributed by atoms with Crippen molar-refractivity contribution >= 4 is 0 Å². The molecular weight excluding hydrogens is 181 g/mol. The topological polar surface area (TPSA) is 35.2 Å². The molecule has 0 spiro atoms. The van der Waals surface area contributed by atoms with Crippen molar-refractivity contribution in [2.24, 2.45) is 5.73 Å². The minimum Gasteiger partial charge on any atom is -0.486 e. The highest BCUT2D eigenvalue weighted by Gasteiger charge is 2.10. The SMILES string of the molecule is CCC(CN)Oc1cccc(C)c1F. The Hall–Kier alpha value is -1.09. The first kappa shape index (κ1) is 11.0. The van der Waals surface area contributed by atoms with Crippen molar-refractivity contribution in [1.29, 1.82) is 0 Å². The normalized spacial score (nSPS) is 12.6. The molecule has 0 heterocycles. The maximum absolute atomic E-state index is 13.5. The van der Waals surface area contributed by atoms with Crippen LogP contribution in [0.4, 0.5) is 4.39 Å². The van der Waals surface area contributed by atoms with Crippen LogP contribution in [-0.2, 0) is 0 Å². The number of hydrogen-bond donors (Lipinski definition) is 1. The Labute approximate surface area is 83.9 Å². The lowest BCUT2D eigenvalue weighted by molar-refractivity contribution is 0.196. The third-order valence-corrected chi connectivity index (χ3v) is 2.17. The first-order chi connectivity index (χ1) is 6.69. The van der Waals surface area contributed by atoms with Crippen molar-refractivity contribution in [2.75, 3.05) is 6.54 Å². The number of nitrogens with two attached hydrogens (primary N) is 1. The lowest BCUT2D eigenvalue weighted by atomic mass is 10.2. The van der Waals surface area contributed by atoms with Crippen LogP contribution in [0.2, 0.25) is 0 Å². The molecule has 0 aliphatic rings. The molecule has 0 amide bonds. The van der Waals surface area contributed by atoms with Gasteiger partial charge in [0, 0.05) is 6.54 Å². The number of benzene rings is 1. The predicted molar refractivity (Wildman–Crippen MR) is 54.9 cm³/mol. The highest BCUT2D eigenvalue weighted by atomic mass is 19.1. The summed E-state index contributed by atoms with van der Waals surface area (Å²) in [6.45, 7) is 4.08. The van der Waals surface area contributed by atoms with Gasteiger partial charge in [0.05, 0.1) is 0 Å². The van der Waals surface area contributed by atoms with E-state index in [1.807, 2.05) is 6.92 Å². The summed E-state index contributed by atoms with van der Waals surface area (Å²) in [6, 6.07) is 5.11. The second-order valence-corrected chi connectivity index (χ2v) is 3.27. The standard InChI is InChI=1S/C11H16FNO/c1-3-9(7-13)14-10-6-4-5-8(2)11(10)12/h4-6,9H,3,7,13H2,1-2H3. The maximum Gasteiger partial charge on any atom is 0.167 e. The first-order valence-electron chi connectivity index (χ1n) is 4.80. The van der Waals surface area contributed by atoms with Gasteiger partial charge in [-0.2, -0.15) is 0 Å². The lowest BCUT2D eigenvalue weighted by Crippen LogP contribution is -2.26. The number of hydrogen-bond acceptors (Lipinski definition) is 2. The van der Waals surface area contributed by atoms with Gasteiger partial charge in [-0.15, -0.1) is 0 Å². The molecule has 1 unspecified atom stereocenters. The summed E-state index contributed by atoms with van der Waals surface area (Å²) in [6.07, 6.45) is 0.676. The van der Waals surface area contributed by atoms with E-state index in [2.05, 4.69) is 0 Å². The fourth-order valence-corrected chi connectivity index (χ4v) is 1.19. The molecule has 0 fully saturated rings. The van der Waals surface area contributed by atoms with E-state index >= 15 is 0 Å². The third-order valence-electron chi connectivity index (χ3n) is 2.17. The molecule has 2 nitrogen and oxygen atoms in total. The van der Waals surface area contributed by atoms with Gasteiger partial charge in [0.25, 0.3) is 0 Å². The molecule has 1 aromatic rings. The van der Waals surface area contributed by atoms with Crippen molar-refractivity contribution in [3.63, 3.8) is 0 Å². The Balaban J connectivity index is 2.80. The van der Waals surface area contributed by atoms with Gasteiger partial charge in [0.1, 0.15) is 6.10 Å². The number of rotatable bonds is 4. The molecule has 78 valence electrons. The van der Waals surface area contributed by atoms with Gasteiger partial charge in [0.15, 0.2) is 11.6 Å². The minimum atomic E-state index is -0.292. The Morgan fingerprint density at radius 3 is 2.79 bits per heavy atom. The summed E-state index contributed by atoms with van der Waals surface area (Å²) in [5.74, 6) is 0.00157. The summed E-state index contributed by atoms with van der Waals surface area (Å²) in [7, 11) is 0. The Bertz CT molecular complexity index is 297. The van der Waals surface area contributed by atoms with Crippen LogP contribution in [0.15, 0.2) is 18.2 Å². The van der Waals surface area contributed by atoms with Crippen molar-refractivity contribution < 1.29 is 9.13 Å². The highest BCUT2D eigenvalue weighted by molar-refractivity contribution is 5.30. The van der Waals surface area contributed by atoms with Gasteiger partial charge in [-0.25, -0.2) is 4.39 Å². The summed E-state index contributed by atoms with van der Waals surface area (Å²) in [5.41, 5.74) is 6.06. The second-order valence-electron chi connectivity index (χ2n) is 3.27. The van der Waals surface area contributed by atoms with E-state index in [9.17, 15) is 4.39 Å².